The van der Waals surface area contributed by atoms with Gasteiger partial charge in [0.2, 0.25) is 0 Å². The van der Waals surface area contributed by atoms with Crippen LogP contribution in [0.15, 0.2) is 93.2 Å². The number of rotatable bonds is 1. The molecule has 5 rings (SSSR count). The van der Waals surface area contributed by atoms with Crippen LogP contribution in [0.3, 0.4) is 0 Å². The minimum absolute atomic E-state index is 0.518. The third-order valence-corrected chi connectivity index (χ3v) is 6.30. The Morgan fingerprint density at radius 2 is 1.56 bits per heavy atom. The van der Waals surface area contributed by atoms with Gasteiger partial charge in [-0.3, -0.25) is 0 Å². The van der Waals surface area contributed by atoms with Gasteiger partial charge in [-0.05, 0) is 74.9 Å². The lowest BCUT2D eigenvalue weighted by Crippen LogP contribution is -2.14. The van der Waals surface area contributed by atoms with Crippen LogP contribution >= 0.6 is 22.6 Å². The van der Waals surface area contributed by atoms with E-state index in [-0.39, 0.29) is 0 Å². The van der Waals surface area contributed by atoms with Crippen molar-refractivity contribution in [1.82, 2.24) is 0 Å². The van der Waals surface area contributed by atoms with Crippen LogP contribution in [-0.4, -0.2) is 0 Å². The van der Waals surface area contributed by atoms with Crippen molar-refractivity contribution in [3.8, 4) is 0 Å². The average molecular weight is 434 g/mol. The Balaban J connectivity index is 1.48. The molecule has 25 heavy (non-hydrogen) atoms. The van der Waals surface area contributed by atoms with E-state index in [1.165, 1.54) is 37.0 Å². The zero-order chi connectivity index (χ0) is 16.8. The molecule has 0 saturated carbocycles. The van der Waals surface area contributed by atoms with E-state index in [1.54, 1.807) is 0 Å². The second-order valence-corrected chi connectivity index (χ2v) is 8.37. The molecule has 0 saturated heterocycles. The Labute approximate surface area is 162 Å². The van der Waals surface area contributed by atoms with Crippen LogP contribution in [0, 0.1) is 11.8 Å². The molecule has 4 aliphatic rings. The molecule has 2 atom stereocenters. The van der Waals surface area contributed by atoms with Crippen LogP contribution in [0.2, 0.25) is 0 Å². The molecule has 0 spiro atoms. The zero-order valence-electron chi connectivity index (χ0n) is 14.0. The molecule has 1 aromatic carbocycles. The number of allylic oxidation sites excluding steroid dienone is 13. The normalized spacial score (nSPS) is 26.4. The van der Waals surface area contributed by atoms with Gasteiger partial charge in [0.05, 0.1) is 0 Å². The van der Waals surface area contributed by atoms with Crippen LogP contribution in [0.1, 0.15) is 24.0 Å². The van der Waals surface area contributed by atoms with Crippen LogP contribution < -0.4 is 0 Å². The van der Waals surface area contributed by atoms with Gasteiger partial charge < -0.3 is 0 Å². The molecule has 0 amide bonds. The predicted molar refractivity (Wildman–Crippen MR) is 115 cm³/mol. The molecule has 2 unspecified atom stereocenters. The molecule has 122 valence electrons. The van der Waals surface area contributed by atoms with Crippen molar-refractivity contribution in [3.63, 3.8) is 0 Å². The summed E-state index contributed by atoms with van der Waals surface area (Å²) in [6.45, 7) is 0. The van der Waals surface area contributed by atoms with E-state index in [2.05, 4.69) is 102 Å². The average Bonchev–Trinajstić information content (AvgIpc) is 2.67. The zero-order valence-corrected chi connectivity index (χ0v) is 16.1. The van der Waals surface area contributed by atoms with Crippen LogP contribution in [-0.2, 0) is 0 Å². The third kappa shape index (κ3) is 2.75. The summed E-state index contributed by atoms with van der Waals surface area (Å²) in [5.41, 5.74) is 8.69. The minimum Gasteiger partial charge on any atom is -0.0760 e. The lowest BCUT2D eigenvalue weighted by Gasteiger charge is -2.30. The smallest absolute Gasteiger partial charge is 0.0130 e. The topological polar surface area (TPSA) is 0 Å². The third-order valence-electron chi connectivity index (χ3n) is 5.63. The van der Waals surface area contributed by atoms with Crippen LogP contribution in [0.4, 0.5) is 0 Å². The van der Waals surface area contributed by atoms with Gasteiger partial charge in [0.25, 0.3) is 0 Å². The maximum atomic E-state index is 2.40. The van der Waals surface area contributed by atoms with E-state index >= 15 is 0 Å². The molecule has 0 aliphatic heterocycles. The summed E-state index contributed by atoms with van der Waals surface area (Å²) in [6.07, 6.45) is 23.2. The molecule has 0 heterocycles. The molecule has 0 bridgehead atoms. The van der Waals surface area contributed by atoms with Crippen LogP contribution in [0.5, 0.6) is 0 Å². The molecule has 1 heteroatoms. The van der Waals surface area contributed by atoms with Gasteiger partial charge in [0.1, 0.15) is 0 Å². The number of benzene rings is 1. The number of halogens is 1. The first-order valence-electron chi connectivity index (χ1n) is 8.93. The highest BCUT2D eigenvalue weighted by Crippen LogP contribution is 2.43. The van der Waals surface area contributed by atoms with Crippen molar-refractivity contribution in [1.29, 1.82) is 0 Å². The van der Waals surface area contributed by atoms with Crippen molar-refractivity contribution in [2.75, 3.05) is 0 Å². The van der Waals surface area contributed by atoms with Crippen molar-refractivity contribution in [2.24, 2.45) is 11.8 Å². The lowest BCUT2D eigenvalue weighted by atomic mass is 9.74. The molecular formula is C24H19I. The first kappa shape index (κ1) is 15.4. The first-order valence-corrected chi connectivity index (χ1v) is 10.0. The monoisotopic (exact) mass is 434 g/mol. The van der Waals surface area contributed by atoms with Gasteiger partial charge in [-0.1, -0.05) is 72.9 Å². The van der Waals surface area contributed by atoms with Gasteiger partial charge in [0, 0.05) is 15.4 Å². The summed E-state index contributed by atoms with van der Waals surface area (Å²) in [5, 5.41) is 0. The van der Waals surface area contributed by atoms with E-state index in [4.69, 9.17) is 0 Å². The van der Waals surface area contributed by atoms with Gasteiger partial charge >= 0.3 is 0 Å². The van der Waals surface area contributed by atoms with Gasteiger partial charge in [-0.25, -0.2) is 0 Å². The van der Waals surface area contributed by atoms with Crippen molar-refractivity contribution >= 4 is 34.2 Å². The summed E-state index contributed by atoms with van der Waals surface area (Å²) < 4.78 is 1.33. The van der Waals surface area contributed by atoms with E-state index in [0.29, 0.717) is 11.8 Å². The Morgan fingerprint density at radius 1 is 0.800 bits per heavy atom. The Morgan fingerprint density at radius 3 is 2.48 bits per heavy atom. The lowest BCUT2D eigenvalue weighted by molar-refractivity contribution is 0.723. The Hall–Kier alpha value is -1.87. The van der Waals surface area contributed by atoms with Crippen molar-refractivity contribution in [2.45, 2.75) is 12.8 Å². The van der Waals surface area contributed by atoms with Gasteiger partial charge in [-0.15, -0.1) is 0 Å². The molecule has 0 N–H and O–H groups in total. The minimum atomic E-state index is 0.518. The Kier molecular flexibility index (Phi) is 3.78. The van der Waals surface area contributed by atoms with E-state index < -0.39 is 0 Å². The standard InChI is InChI=1S/C24H19I/c25-22-11-9-18-13-17(6-7-20(18)15-22)19-10-12-24-21(14-19)8-5-16-3-1-2-4-23(16)24/h1-12,15,18,21H,13-14H2. The fraction of sp³-hybridized carbons (Fsp3) is 0.167. The van der Waals surface area contributed by atoms with Crippen LogP contribution in [0.25, 0.3) is 11.6 Å². The van der Waals surface area contributed by atoms with Gasteiger partial charge in [0.15, 0.2) is 0 Å². The molecule has 1 aromatic rings. The highest BCUT2D eigenvalue weighted by atomic mass is 127. The van der Waals surface area contributed by atoms with Gasteiger partial charge in [-0.2, -0.15) is 0 Å². The molecule has 4 aliphatic carbocycles. The number of hydrogen-bond acceptors (Lipinski definition) is 0. The van der Waals surface area contributed by atoms with Crippen molar-refractivity contribution in [3.05, 3.63) is 104 Å². The Bertz CT molecular complexity index is 960. The second-order valence-electron chi connectivity index (χ2n) is 7.13. The second kappa shape index (κ2) is 6.14. The van der Waals surface area contributed by atoms with E-state index in [9.17, 15) is 0 Å². The number of fused-ring (bicyclic) bond motifs is 4. The van der Waals surface area contributed by atoms with E-state index in [0.717, 1.165) is 12.8 Å². The molecule has 0 aromatic heterocycles. The van der Waals surface area contributed by atoms with E-state index in [1.807, 2.05) is 0 Å². The summed E-state index contributed by atoms with van der Waals surface area (Å²) in [7, 11) is 0. The fourth-order valence-corrected chi connectivity index (χ4v) is 4.85. The predicted octanol–water partition coefficient (Wildman–Crippen LogP) is 6.80. The maximum Gasteiger partial charge on any atom is 0.0130 e. The molecule has 0 radical (unpaired) electrons. The molecule has 0 fully saturated rings. The largest absolute Gasteiger partial charge is 0.0760 e. The quantitative estimate of drug-likeness (QED) is 0.427. The highest BCUT2D eigenvalue weighted by Gasteiger charge is 2.26. The summed E-state index contributed by atoms with van der Waals surface area (Å²) in [6, 6.07) is 8.74. The van der Waals surface area contributed by atoms with Crippen molar-refractivity contribution < 1.29 is 0 Å². The highest BCUT2D eigenvalue weighted by molar-refractivity contribution is 14.1. The summed E-state index contributed by atoms with van der Waals surface area (Å²) >= 11 is 2.40. The first-order chi connectivity index (χ1) is 12.3. The summed E-state index contributed by atoms with van der Waals surface area (Å²) in [5.74, 6) is 1.07. The number of hydrogen-bond donors (Lipinski definition) is 0. The fourth-order valence-electron chi connectivity index (χ4n) is 4.28. The molecule has 0 nitrogen and oxygen atoms in total. The molecular weight excluding hydrogens is 415 g/mol. The SMILES string of the molecule is IC1=CC2=CC=C(C3=CC=C4c5ccccc5C=CC4C3)CC2C=C1. The maximum absolute atomic E-state index is 2.40. The summed E-state index contributed by atoms with van der Waals surface area (Å²) in [4.78, 5) is 0.